The molecule has 0 spiro atoms. The summed E-state index contributed by atoms with van der Waals surface area (Å²) in [6.45, 7) is 1.58. The van der Waals surface area contributed by atoms with Gasteiger partial charge in [-0.05, 0) is 38.7 Å². The first-order valence-corrected chi connectivity index (χ1v) is 13.2. The number of amides is 1. The summed E-state index contributed by atoms with van der Waals surface area (Å²) in [5.41, 5.74) is -0.467. The van der Waals surface area contributed by atoms with Crippen molar-refractivity contribution >= 4 is 29.5 Å². The van der Waals surface area contributed by atoms with Crippen molar-refractivity contribution in [3.05, 3.63) is 63.6 Å². The fourth-order valence-corrected chi connectivity index (χ4v) is 4.99. The van der Waals surface area contributed by atoms with Crippen molar-refractivity contribution in [1.29, 1.82) is 0 Å². The molecular weight excluding hydrogens is 579 g/mol. The maximum atomic E-state index is 13.7. The van der Waals surface area contributed by atoms with E-state index in [2.05, 4.69) is 35.5 Å². The predicted octanol–water partition coefficient (Wildman–Crippen LogP) is 4.91. The molecule has 1 amide bonds. The predicted molar refractivity (Wildman–Crippen MR) is 147 cm³/mol. The second-order valence-corrected chi connectivity index (χ2v) is 10.3. The van der Waals surface area contributed by atoms with Crippen molar-refractivity contribution in [2.45, 2.75) is 50.9 Å². The first-order valence-electron chi connectivity index (χ1n) is 12.8. The van der Waals surface area contributed by atoms with Crippen LogP contribution in [0.4, 0.5) is 29.7 Å². The van der Waals surface area contributed by atoms with Crippen LogP contribution in [0.2, 0.25) is 5.02 Å². The topological polar surface area (TPSA) is 155 Å². The molecule has 4 aromatic heterocycles. The highest BCUT2D eigenvalue weighted by Crippen LogP contribution is 2.38. The average molecular weight is 604 g/mol. The number of alkyl halides is 3. The van der Waals surface area contributed by atoms with Crippen molar-refractivity contribution in [3.63, 3.8) is 0 Å². The number of aromatic nitrogens is 7. The second kappa shape index (κ2) is 11.4. The minimum Gasteiger partial charge on any atom is -0.465 e. The first kappa shape index (κ1) is 29.0. The lowest BCUT2D eigenvalue weighted by Crippen LogP contribution is -2.44. The molecule has 5 rings (SSSR count). The molecule has 42 heavy (non-hydrogen) atoms. The maximum Gasteiger partial charge on any atom is 0.420 e. The molecule has 3 N–H and O–H groups in total. The van der Waals surface area contributed by atoms with Crippen LogP contribution in [0.15, 0.2) is 41.7 Å². The molecule has 0 radical (unpaired) electrons. The van der Waals surface area contributed by atoms with Crippen LogP contribution in [0.3, 0.4) is 0 Å². The van der Waals surface area contributed by atoms with Crippen LogP contribution >= 0.6 is 11.6 Å². The molecule has 0 aliphatic heterocycles. The SMILES string of the molecule is Cc1[nH]nc(-c2nc(N[C@H]3CC[C@H](N(C(=O)O)c4cnc(-c5ccn(C)c(=O)c5)cn4)CC3)ncc2C(F)(F)F)c1Cl. The monoisotopic (exact) mass is 603 g/mol. The number of nitrogens with zero attached hydrogens (tertiary/aromatic N) is 7. The summed E-state index contributed by atoms with van der Waals surface area (Å²) in [6, 6.07) is 2.51. The third-order valence-corrected chi connectivity index (χ3v) is 7.54. The van der Waals surface area contributed by atoms with E-state index >= 15 is 0 Å². The highest BCUT2D eigenvalue weighted by Gasteiger charge is 2.37. The Morgan fingerprint density at radius 2 is 1.88 bits per heavy atom. The number of hydrogen-bond donors (Lipinski definition) is 3. The zero-order valence-corrected chi connectivity index (χ0v) is 23.1. The summed E-state index contributed by atoms with van der Waals surface area (Å²) in [5, 5.41) is 19.5. The zero-order chi connectivity index (χ0) is 30.2. The van der Waals surface area contributed by atoms with Gasteiger partial charge in [0.2, 0.25) is 5.95 Å². The van der Waals surface area contributed by atoms with Gasteiger partial charge in [0.05, 0.1) is 28.8 Å². The molecule has 0 unspecified atom stereocenters. The fourth-order valence-electron chi connectivity index (χ4n) is 4.82. The third kappa shape index (κ3) is 5.91. The number of halogens is 4. The van der Waals surface area contributed by atoms with Crippen molar-refractivity contribution in [2.75, 3.05) is 10.2 Å². The Kier molecular flexibility index (Phi) is 7.86. The highest BCUT2D eigenvalue weighted by molar-refractivity contribution is 6.33. The number of hydrogen-bond acceptors (Lipinski definition) is 8. The van der Waals surface area contributed by atoms with Crippen LogP contribution in [-0.2, 0) is 13.2 Å². The lowest BCUT2D eigenvalue weighted by molar-refractivity contribution is -0.137. The second-order valence-electron chi connectivity index (χ2n) is 9.89. The number of nitrogens with one attached hydrogen (secondary N) is 2. The van der Waals surface area contributed by atoms with Gasteiger partial charge in [0.1, 0.15) is 17.0 Å². The summed E-state index contributed by atoms with van der Waals surface area (Å²) >= 11 is 6.17. The summed E-state index contributed by atoms with van der Waals surface area (Å²) in [5.74, 6) is 0.124. The molecule has 12 nitrogen and oxygen atoms in total. The van der Waals surface area contributed by atoms with Gasteiger partial charge in [-0.15, -0.1) is 0 Å². The first-order chi connectivity index (χ1) is 19.9. The molecular formula is C26H25ClF3N9O3. The van der Waals surface area contributed by atoms with Crippen molar-refractivity contribution in [2.24, 2.45) is 7.05 Å². The molecule has 1 aliphatic rings. The van der Waals surface area contributed by atoms with Crippen LogP contribution in [0.1, 0.15) is 36.9 Å². The Balaban J connectivity index is 1.29. The van der Waals surface area contributed by atoms with Crippen LogP contribution in [0.25, 0.3) is 22.6 Å². The molecule has 1 aliphatic carbocycles. The number of anilines is 2. The number of aromatic amines is 1. The normalized spacial score (nSPS) is 17.2. The van der Waals surface area contributed by atoms with Gasteiger partial charge in [0.15, 0.2) is 5.82 Å². The largest absolute Gasteiger partial charge is 0.465 e. The highest BCUT2D eigenvalue weighted by atomic mass is 35.5. The van der Waals surface area contributed by atoms with E-state index in [-0.39, 0.29) is 34.1 Å². The molecule has 220 valence electrons. The Morgan fingerprint density at radius 1 is 1.14 bits per heavy atom. The van der Waals surface area contributed by atoms with Gasteiger partial charge in [0.25, 0.3) is 5.56 Å². The minimum atomic E-state index is -4.72. The molecule has 4 aromatic rings. The van der Waals surface area contributed by atoms with E-state index in [0.29, 0.717) is 48.8 Å². The molecule has 16 heteroatoms. The summed E-state index contributed by atoms with van der Waals surface area (Å²) < 4.78 is 42.4. The molecule has 4 heterocycles. The van der Waals surface area contributed by atoms with Gasteiger partial charge in [-0.25, -0.2) is 19.7 Å². The molecule has 1 saturated carbocycles. The average Bonchev–Trinajstić information content (AvgIpc) is 3.28. The number of pyridine rings is 1. The zero-order valence-electron chi connectivity index (χ0n) is 22.4. The lowest BCUT2D eigenvalue weighted by atomic mass is 9.90. The number of aryl methyl sites for hydroxylation is 2. The van der Waals surface area contributed by atoms with Gasteiger partial charge in [-0.3, -0.25) is 19.8 Å². The van der Waals surface area contributed by atoms with Crippen molar-refractivity contribution < 1.29 is 23.1 Å². The Hall–Kier alpha value is -4.53. The van der Waals surface area contributed by atoms with Crippen LogP contribution in [0, 0.1) is 6.92 Å². The van der Waals surface area contributed by atoms with Gasteiger partial charge < -0.3 is 15.0 Å². The molecule has 0 bridgehead atoms. The Morgan fingerprint density at radius 3 is 2.45 bits per heavy atom. The van der Waals surface area contributed by atoms with Gasteiger partial charge in [-0.2, -0.15) is 18.3 Å². The van der Waals surface area contributed by atoms with Gasteiger partial charge >= 0.3 is 12.3 Å². The van der Waals surface area contributed by atoms with Crippen molar-refractivity contribution in [3.8, 4) is 22.6 Å². The van der Waals surface area contributed by atoms with Gasteiger partial charge in [0, 0.05) is 43.2 Å². The van der Waals surface area contributed by atoms with Crippen LogP contribution < -0.4 is 15.8 Å². The summed E-state index contributed by atoms with van der Waals surface area (Å²) in [4.78, 5) is 41.9. The quantitative estimate of drug-likeness (QED) is 0.279. The van der Waals surface area contributed by atoms with Gasteiger partial charge in [-0.1, -0.05) is 11.6 Å². The standard InChI is InChI=1S/C26H25ClF3N9O3/c1-13-21(27)23(37-36-13)22-17(26(28,29)30)10-33-24(35-22)34-15-3-5-16(6-4-15)39(25(41)42)19-12-31-18(11-32-19)14-7-8-38(2)20(40)9-14/h7-12,15-16H,3-6H2,1-2H3,(H,36,37)(H,41,42)(H,33,34,35)/t15-,16-. The van der Waals surface area contributed by atoms with E-state index in [1.54, 1.807) is 26.2 Å². The Labute approximate surface area is 241 Å². The number of H-pyrrole nitrogens is 1. The summed E-state index contributed by atoms with van der Waals surface area (Å²) in [6.07, 6.45) is 1.03. The van der Waals surface area contributed by atoms with E-state index in [0.717, 1.165) is 4.90 Å². The van der Waals surface area contributed by atoms with E-state index in [1.165, 1.54) is 23.0 Å². The van der Waals surface area contributed by atoms with E-state index in [4.69, 9.17) is 11.6 Å². The number of rotatable bonds is 6. The number of carbonyl (C=O) groups is 1. The minimum absolute atomic E-state index is 0.0227. The summed E-state index contributed by atoms with van der Waals surface area (Å²) in [7, 11) is 1.63. The maximum absolute atomic E-state index is 13.7. The number of carboxylic acid groups (broad SMARTS) is 1. The Bertz CT molecular complexity index is 1670. The van der Waals surface area contributed by atoms with Crippen LogP contribution in [-0.4, -0.2) is 58.0 Å². The van der Waals surface area contributed by atoms with E-state index < -0.39 is 29.6 Å². The molecule has 0 atom stereocenters. The molecule has 1 fully saturated rings. The van der Waals surface area contributed by atoms with E-state index in [9.17, 15) is 27.9 Å². The fraction of sp³-hybridized carbons (Fsp3) is 0.346. The third-order valence-electron chi connectivity index (χ3n) is 7.08. The molecule has 0 aromatic carbocycles. The smallest absolute Gasteiger partial charge is 0.420 e. The van der Waals surface area contributed by atoms with E-state index in [1.807, 2.05) is 0 Å². The lowest BCUT2D eigenvalue weighted by Gasteiger charge is -2.34. The van der Waals surface area contributed by atoms with Crippen LogP contribution in [0.5, 0.6) is 0 Å². The molecule has 0 saturated heterocycles. The van der Waals surface area contributed by atoms with Crippen molar-refractivity contribution in [1.82, 2.24) is 34.7 Å².